The van der Waals surface area contributed by atoms with Gasteiger partial charge in [0.05, 0.1) is 23.3 Å². The first-order chi connectivity index (χ1) is 16.6. The maximum atomic E-state index is 10.3. The summed E-state index contributed by atoms with van der Waals surface area (Å²) in [7, 11) is 0. The lowest BCUT2D eigenvalue weighted by molar-refractivity contribution is 0.0881. The monoisotopic (exact) mass is 721 g/mol. The zero-order chi connectivity index (χ0) is 25.6. The third-order valence-electron chi connectivity index (χ3n) is 5.73. The van der Waals surface area contributed by atoms with Crippen LogP contribution in [0.3, 0.4) is 0 Å². The molecule has 1 heterocycles. The molecule has 0 aliphatic heterocycles. The van der Waals surface area contributed by atoms with Gasteiger partial charge in [-0.05, 0) is 80.6 Å². The maximum Gasteiger partial charge on any atom is 0.132 e. The molecule has 2 aromatic carbocycles. The van der Waals surface area contributed by atoms with Crippen molar-refractivity contribution in [3.05, 3.63) is 66.6 Å². The van der Waals surface area contributed by atoms with Crippen LogP contribution in [-0.4, -0.2) is 50.4 Å². The average molecular weight is 722 g/mol. The van der Waals surface area contributed by atoms with E-state index in [0.29, 0.717) is 33.5 Å². The van der Waals surface area contributed by atoms with Crippen molar-refractivity contribution in [3.8, 4) is 11.5 Å². The number of halogens is 3. The normalized spacial score (nSPS) is 13.5. The van der Waals surface area contributed by atoms with Gasteiger partial charge in [0.25, 0.3) is 0 Å². The third kappa shape index (κ3) is 7.43. The number of nitrogens with zero attached hydrogens (tertiary/aromatic N) is 3. The predicted octanol–water partition coefficient (Wildman–Crippen LogP) is 5.00. The molecular weight excluding hydrogens is 692 g/mol. The third-order valence-corrected chi connectivity index (χ3v) is 8.28. The number of aliphatic hydroxyl groups excluding tert-OH is 2. The van der Waals surface area contributed by atoms with Gasteiger partial charge in [-0.2, -0.15) is 0 Å². The lowest BCUT2D eigenvalue weighted by atomic mass is 9.78. The highest BCUT2D eigenvalue weighted by Crippen LogP contribution is 2.35. The minimum absolute atomic E-state index is 0.120. The summed E-state index contributed by atoms with van der Waals surface area (Å²) < 4.78 is 15.0. The fourth-order valence-electron chi connectivity index (χ4n) is 3.41. The van der Waals surface area contributed by atoms with E-state index in [1.165, 1.54) is 5.56 Å². The highest BCUT2D eigenvalue weighted by Gasteiger charge is 2.24. The lowest BCUT2D eigenvalue weighted by Gasteiger charge is -2.27. The summed E-state index contributed by atoms with van der Waals surface area (Å²) in [4.78, 5) is 0. The van der Waals surface area contributed by atoms with Crippen LogP contribution in [0.4, 0.5) is 0 Å². The van der Waals surface area contributed by atoms with Gasteiger partial charge in [0, 0.05) is 17.2 Å². The molecule has 3 aromatic rings. The molecule has 0 radical (unpaired) electrons. The van der Waals surface area contributed by atoms with Crippen molar-refractivity contribution >= 4 is 56.8 Å². The SMILES string of the molecule is C[C@@H](CCl)COc1ccc(C(C)(C)c2ccc(OC[C@@H](O)Cn3nnc(CO)c3[123I])cc2)cc1I. The molecule has 0 unspecified atom stereocenters. The topological polar surface area (TPSA) is 89.6 Å². The first-order valence-electron chi connectivity index (χ1n) is 11.2. The molecule has 0 fully saturated rings. The van der Waals surface area contributed by atoms with Crippen molar-refractivity contribution in [1.82, 2.24) is 15.0 Å². The van der Waals surface area contributed by atoms with Crippen LogP contribution in [0.5, 0.6) is 11.5 Å². The number of aliphatic hydroxyl groups is 2. The first-order valence-corrected chi connectivity index (χ1v) is 13.9. The van der Waals surface area contributed by atoms with Gasteiger partial charge in [0.2, 0.25) is 0 Å². The average Bonchev–Trinajstić information content (AvgIpc) is 3.20. The number of hydrogen-bond donors (Lipinski definition) is 2. The molecule has 10 heteroatoms. The molecule has 0 bridgehead atoms. The van der Waals surface area contributed by atoms with E-state index in [9.17, 15) is 10.2 Å². The van der Waals surface area contributed by atoms with Gasteiger partial charge < -0.3 is 19.7 Å². The molecule has 1 aromatic heterocycles. The van der Waals surface area contributed by atoms with Gasteiger partial charge in [-0.3, -0.25) is 0 Å². The van der Waals surface area contributed by atoms with E-state index in [4.69, 9.17) is 21.1 Å². The summed E-state index contributed by atoms with van der Waals surface area (Å²) in [5.74, 6) is 2.43. The van der Waals surface area contributed by atoms with Gasteiger partial charge in [-0.1, -0.05) is 44.2 Å². The van der Waals surface area contributed by atoms with Crippen LogP contribution in [0.15, 0.2) is 42.5 Å². The van der Waals surface area contributed by atoms with Crippen molar-refractivity contribution in [2.75, 3.05) is 19.1 Å². The Morgan fingerprint density at radius 3 is 2.40 bits per heavy atom. The largest absolute Gasteiger partial charge is 0.492 e. The van der Waals surface area contributed by atoms with E-state index >= 15 is 0 Å². The van der Waals surface area contributed by atoms with Crippen LogP contribution in [-0.2, 0) is 18.6 Å². The minimum atomic E-state index is -0.761. The second kappa shape index (κ2) is 12.9. The Morgan fingerprint density at radius 2 is 1.80 bits per heavy atom. The van der Waals surface area contributed by atoms with Crippen LogP contribution in [0.1, 0.15) is 37.6 Å². The number of benzene rings is 2. The summed E-state index contributed by atoms with van der Waals surface area (Å²) in [6, 6.07) is 14.2. The molecule has 0 spiro atoms. The summed E-state index contributed by atoms with van der Waals surface area (Å²) in [5, 5.41) is 27.4. The van der Waals surface area contributed by atoms with Crippen molar-refractivity contribution in [2.24, 2.45) is 5.92 Å². The smallest absolute Gasteiger partial charge is 0.132 e. The van der Waals surface area contributed by atoms with Crippen LogP contribution in [0.2, 0.25) is 0 Å². The van der Waals surface area contributed by atoms with E-state index < -0.39 is 6.10 Å². The number of aromatic nitrogens is 3. The van der Waals surface area contributed by atoms with Crippen molar-refractivity contribution < 1.29 is 19.7 Å². The van der Waals surface area contributed by atoms with E-state index in [1.54, 1.807) is 4.68 Å². The van der Waals surface area contributed by atoms with E-state index in [1.807, 2.05) is 18.2 Å². The van der Waals surface area contributed by atoms with Crippen molar-refractivity contribution in [2.45, 2.75) is 45.4 Å². The Labute approximate surface area is 238 Å². The van der Waals surface area contributed by atoms with Crippen LogP contribution >= 0.6 is 56.8 Å². The quantitative estimate of drug-likeness (QED) is 0.202. The second-order valence-corrected chi connectivity index (χ2v) is 11.5. The summed E-state index contributed by atoms with van der Waals surface area (Å²) in [6.07, 6.45) is -0.761. The molecule has 2 atom stereocenters. The molecule has 0 saturated heterocycles. The Morgan fingerprint density at radius 1 is 1.11 bits per heavy atom. The Bertz CT molecular complexity index is 1110. The molecule has 2 N–H and O–H groups in total. The zero-order valence-corrected chi connectivity index (χ0v) is 25.0. The van der Waals surface area contributed by atoms with E-state index in [-0.39, 0.29) is 25.2 Å². The molecule has 0 aliphatic rings. The second-order valence-electron chi connectivity index (χ2n) is 9.00. The predicted molar refractivity (Wildman–Crippen MR) is 153 cm³/mol. The Balaban J connectivity index is 1.60. The standard InChI is InChI=1S/C25H30ClI2N3O4/c1-16(11-26)14-35-23-9-6-18(10-21(23)27)25(2,3)17-4-7-20(8-5-17)34-15-19(33)12-31-24(28)22(13-32)29-30-31/h4-10,16,19,32-33H,11-15H2,1-3H3/t16-,19-/m0/s1/i28-4. The fraction of sp³-hybridized carbons (Fsp3) is 0.440. The molecule has 35 heavy (non-hydrogen) atoms. The van der Waals surface area contributed by atoms with Gasteiger partial charge in [0.15, 0.2) is 0 Å². The summed E-state index contributed by atoms with van der Waals surface area (Å²) >= 11 is 10.3. The lowest BCUT2D eigenvalue weighted by Crippen LogP contribution is -2.25. The van der Waals surface area contributed by atoms with E-state index in [0.717, 1.165) is 14.9 Å². The number of alkyl halides is 1. The number of rotatable bonds is 12. The maximum absolute atomic E-state index is 10.3. The van der Waals surface area contributed by atoms with Crippen molar-refractivity contribution in [3.63, 3.8) is 0 Å². The molecule has 190 valence electrons. The summed E-state index contributed by atoms with van der Waals surface area (Å²) in [6.45, 7) is 7.22. The molecule has 7 nitrogen and oxygen atoms in total. The highest BCUT2D eigenvalue weighted by atomic mass is 127. The molecule has 0 saturated carbocycles. The van der Waals surface area contributed by atoms with Crippen LogP contribution in [0, 0.1) is 13.2 Å². The zero-order valence-electron chi connectivity index (χ0n) is 19.9. The van der Waals surface area contributed by atoms with Crippen molar-refractivity contribution in [1.29, 1.82) is 0 Å². The number of ether oxygens (including phenoxy) is 2. The van der Waals surface area contributed by atoms with Gasteiger partial charge in [-0.25, -0.2) is 4.68 Å². The molecule has 0 amide bonds. The van der Waals surface area contributed by atoms with Gasteiger partial charge >= 0.3 is 0 Å². The van der Waals surface area contributed by atoms with Crippen LogP contribution in [0.25, 0.3) is 0 Å². The van der Waals surface area contributed by atoms with Gasteiger partial charge in [0.1, 0.15) is 33.6 Å². The molecule has 3 rings (SSSR count). The first kappa shape index (κ1) is 28.4. The Kier molecular flexibility index (Phi) is 10.5. The molecular formula is C25H30ClI2N3O4. The Hall–Kier alpha value is -1.15. The summed E-state index contributed by atoms with van der Waals surface area (Å²) in [5.41, 5.74) is 2.62. The fourth-order valence-corrected chi connectivity index (χ4v) is 4.75. The number of hydrogen-bond acceptors (Lipinski definition) is 6. The van der Waals surface area contributed by atoms with Gasteiger partial charge in [-0.15, -0.1) is 16.7 Å². The molecule has 0 aliphatic carbocycles. The van der Waals surface area contributed by atoms with E-state index in [2.05, 4.69) is 101 Å². The minimum Gasteiger partial charge on any atom is -0.492 e. The highest BCUT2D eigenvalue weighted by molar-refractivity contribution is 14.1. The van der Waals surface area contributed by atoms with Crippen LogP contribution < -0.4 is 9.47 Å².